The zero-order valence-electron chi connectivity index (χ0n) is 14.6. The third-order valence-corrected chi connectivity index (χ3v) is 4.32. The van der Waals surface area contributed by atoms with Gasteiger partial charge >= 0.3 is 0 Å². The zero-order valence-corrected chi connectivity index (χ0v) is 14.6. The third kappa shape index (κ3) is 4.30. The largest absolute Gasteiger partial charge is 0.472 e. The minimum absolute atomic E-state index is 0.0349. The highest BCUT2D eigenvalue weighted by molar-refractivity contribution is 5.94. The average Bonchev–Trinajstić information content (AvgIpc) is 3.17. The van der Waals surface area contributed by atoms with Crippen LogP contribution in [0.3, 0.4) is 0 Å². The number of hydrogen-bond acceptors (Lipinski definition) is 4. The predicted octanol–water partition coefficient (Wildman–Crippen LogP) is 1.77. The summed E-state index contributed by atoms with van der Waals surface area (Å²) in [5.41, 5.74) is 2.13. The monoisotopic (exact) mass is 355 g/mol. The maximum Gasteiger partial charge on any atom is 0.257 e. The Kier molecular flexibility index (Phi) is 5.36. The molecule has 7 heteroatoms. The molecule has 0 atom stereocenters. The molecule has 0 spiro atoms. The molecule has 3 amide bonds. The van der Waals surface area contributed by atoms with E-state index in [-0.39, 0.29) is 17.7 Å². The summed E-state index contributed by atoms with van der Waals surface area (Å²) in [6, 6.07) is 8.88. The van der Waals surface area contributed by atoms with E-state index in [9.17, 15) is 14.4 Å². The standard InChI is InChI=1S/C19H21N3O4/c1-14(23)20-17-4-2-15(3-5-17)12-18(24)21-7-9-22(10-8-21)19(25)16-6-11-26-13-16/h2-6,11,13H,7-10,12H2,1H3,(H,20,23). The summed E-state index contributed by atoms with van der Waals surface area (Å²) < 4.78 is 4.95. The molecular formula is C19H21N3O4. The van der Waals surface area contributed by atoms with Crippen molar-refractivity contribution in [3.8, 4) is 0 Å². The van der Waals surface area contributed by atoms with Crippen molar-refractivity contribution in [3.05, 3.63) is 54.0 Å². The third-order valence-electron chi connectivity index (χ3n) is 4.32. The highest BCUT2D eigenvalue weighted by Crippen LogP contribution is 2.13. The fourth-order valence-electron chi connectivity index (χ4n) is 2.92. The Hall–Kier alpha value is -3.09. The van der Waals surface area contributed by atoms with Gasteiger partial charge in [0.2, 0.25) is 11.8 Å². The van der Waals surface area contributed by atoms with E-state index >= 15 is 0 Å². The number of hydrogen-bond donors (Lipinski definition) is 1. The number of benzene rings is 1. The van der Waals surface area contributed by atoms with Gasteiger partial charge in [0.15, 0.2) is 0 Å². The lowest BCUT2D eigenvalue weighted by Gasteiger charge is -2.34. The maximum atomic E-state index is 12.5. The Morgan fingerprint density at radius 1 is 1.00 bits per heavy atom. The first-order chi connectivity index (χ1) is 12.5. The van der Waals surface area contributed by atoms with E-state index in [0.717, 1.165) is 5.56 Å². The molecular weight excluding hydrogens is 334 g/mol. The van der Waals surface area contributed by atoms with Crippen LogP contribution in [0.25, 0.3) is 0 Å². The normalized spacial score (nSPS) is 14.2. The Bertz CT molecular complexity index is 776. The van der Waals surface area contributed by atoms with Crippen LogP contribution in [0.15, 0.2) is 47.3 Å². The summed E-state index contributed by atoms with van der Waals surface area (Å²) in [5.74, 6) is -0.163. The lowest BCUT2D eigenvalue weighted by molar-refractivity contribution is -0.131. The van der Waals surface area contributed by atoms with Crippen LogP contribution in [0.2, 0.25) is 0 Å². The molecule has 2 aromatic rings. The fraction of sp³-hybridized carbons (Fsp3) is 0.316. The average molecular weight is 355 g/mol. The Labute approximate surface area is 151 Å². The maximum absolute atomic E-state index is 12.5. The first-order valence-corrected chi connectivity index (χ1v) is 8.49. The second-order valence-corrected chi connectivity index (χ2v) is 6.24. The molecule has 0 bridgehead atoms. The van der Waals surface area contributed by atoms with Crippen molar-refractivity contribution in [2.24, 2.45) is 0 Å². The van der Waals surface area contributed by atoms with Gasteiger partial charge < -0.3 is 19.5 Å². The number of rotatable bonds is 4. The molecule has 1 fully saturated rings. The summed E-state index contributed by atoms with van der Waals surface area (Å²) in [7, 11) is 0. The number of furan rings is 1. The van der Waals surface area contributed by atoms with Gasteiger partial charge in [-0.3, -0.25) is 14.4 Å². The van der Waals surface area contributed by atoms with Crippen molar-refractivity contribution in [2.75, 3.05) is 31.5 Å². The minimum atomic E-state index is -0.128. The molecule has 1 aliphatic heterocycles. The van der Waals surface area contributed by atoms with Crippen molar-refractivity contribution < 1.29 is 18.8 Å². The Balaban J connectivity index is 1.50. The van der Waals surface area contributed by atoms with Gasteiger partial charge in [-0.2, -0.15) is 0 Å². The van der Waals surface area contributed by atoms with Gasteiger partial charge in [-0.15, -0.1) is 0 Å². The van der Waals surface area contributed by atoms with E-state index in [2.05, 4.69) is 5.32 Å². The van der Waals surface area contributed by atoms with E-state index in [1.54, 1.807) is 28.0 Å². The number of carbonyl (C=O) groups is 3. The van der Waals surface area contributed by atoms with Crippen LogP contribution in [0.1, 0.15) is 22.8 Å². The Morgan fingerprint density at radius 3 is 2.23 bits per heavy atom. The highest BCUT2D eigenvalue weighted by Gasteiger charge is 2.25. The second-order valence-electron chi connectivity index (χ2n) is 6.24. The highest BCUT2D eigenvalue weighted by atomic mass is 16.3. The molecule has 0 unspecified atom stereocenters. The molecule has 1 N–H and O–H groups in total. The van der Waals surface area contributed by atoms with E-state index in [0.29, 0.717) is 43.9 Å². The summed E-state index contributed by atoms with van der Waals surface area (Å²) in [6.07, 6.45) is 3.21. The Morgan fingerprint density at radius 2 is 1.65 bits per heavy atom. The molecule has 26 heavy (non-hydrogen) atoms. The minimum Gasteiger partial charge on any atom is -0.472 e. The molecule has 1 aromatic heterocycles. The molecule has 136 valence electrons. The number of anilines is 1. The molecule has 0 radical (unpaired) electrons. The van der Waals surface area contributed by atoms with E-state index in [1.807, 2.05) is 12.1 Å². The fourth-order valence-corrected chi connectivity index (χ4v) is 2.92. The molecule has 1 aliphatic rings. The molecule has 2 heterocycles. The van der Waals surface area contributed by atoms with Gasteiger partial charge in [-0.1, -0.05) is 12.1 Å². The van der Waals surface area contributed by atoms with Crippen LogP contribution in [-0.4, -0.2) is 53.7 Å². The zero-order chi connectivity index (χ0) is 18.5. The van der Waals surface area contributed by atoms with Crippen molar-refractivity contribution >= 4 is 23.4 Å². The lowest BCUT2D eigenvalue weighted by atomic mass is 10.1. The van der Waals surface area contributed by atoms with Gasteiger partial charge in [-0.05, 0) is 23.8 Å². The van der Waals surface area contributed by atoms with Crippen molar-refractivity contribution in [1.82, 2.24) is 9.80 Å². The van der Waals surface area contributed by atoms with Crippen LogP contribution in [0, 0.1) is 0 Å². The van der Waals surface area contributed by atoms with Crippen LogP contribution >= 0.6 is 0 Å². The van der Waals surface area contributed by atoms with Crippen LogP contribution in [-0.2, 0) is 16.0 Å². The first-order valence-electron chi connectivity index (χ1n) is 8.49. The topological polar surface area (TPSA) is 82.9 Å². The van der Waals surface area contributed by atoms with Gasteiger partial charge in [0.25, 0.3) is 5.91 Å². The van der Waals surface area contributed by atoms with E-state index in [1.165, 1.54) is 19.5 Å². The van der Waals surface area contributed by atoms with Crippen LogP contribution < -0.4 is 5.32 Å². The number of piperazine rings is 1. The number of carbonyl (C=O) groups excluding carboxylic acids is 3. The number of nitrogens with one attached hydrogen (secondary N) is 1. The van der Waals surface area contributed by atoms with Gasteiger partial charge in [-0.25, -0.2) is 0 Å². The quantitative estimate of drug-likeness (QED) is 0.906. The van der Waals surface area contributed by atoms with Gasteiger partial charge in [0.05, 0.1) is 18.2 Å². The smallest absolute Gasteiger partial charge is 0.257 e. The van der Waals surface area contributed by atoms with E-state index in [4.69, 9.17) is 4.42 Å². The molecule has 1 saturated heterocycles. The molecule has 3 rings (SSSR count). The van der Waals surface area contributed by atoms with Crippen LogP contribution in [0.4, 0.5) is 5.69 Å². The summed E-state index contributed by atoms with van der Waals surface area (Å²) >= 11 is 0. The van der Waals surface area contributed by atoms with Crippen molar-refractivity contribution in [3.63, 3.8) is 0 Å². The molecule has 7 nitrogen and oxygen atoms in total. The van der Waals surface area contributed by atoms with Gasteiger partial charge in [0, 0.05) is 38.8 Å². The van der Waals surface area contributed by atoms with Crippen molar-refractivity contribution in [2.45, 2.75) is 13.3 Å². The SMILES string of the molecule is CC(=O)Nc1ccc(CC(=O)N2CCN(C(=O)c3ccoc3)CC2)cc1. The lowest BCUT2D eigenvalue weighted by Crippen LogP contribution is -2.50. The summed E-state index contributed by atoms with van der Waals surface area (Å²) in [4.78, 5) is 39.3. The van der Waals surface area contributed by atoms with Crippen LogP contribution in [0.5, 0.6) is 0 Å². The molecule has 1 aromatic carbocycles. The summed E-state index contributed by atoms with van der Waals surface area (Å²) in [6.45, 7) is 3.52. The number of amides is 3. The summed E-state index contributed by atoms with van der Waals surface area (Å²) in [5, 5.41) is 2.70. The van der Waals surface area contributed by atoms with E-state index < -0.39 is 0 Å². The number of nitrogens with zero attached hydrogens (tertiary/aromatic N) is 2. The molecule has 0 aliphatic carbocycles. The first kappa shape index (κ1) is 17.7. The molecule has 0 saturated carbocycles. The predicted molar refractivity (Wildman–Crippen MR) is 95.6 cm³/mol. The van der Waals surface area contributed by atoms with Gasteiger partial charge in [0.1, 0.15) is 6.26 Å². The van der Waals surface area contributed by atoms with Crippen molar-refractivity contribution in [1.29, 1.82) is 0 Å². The second kappa shape index (κ2) is 7.86.